The minimum absolute atomic E-state index is 0.0144. The smallest absolute Gasteiger partial charge is 0.168 e. The van der Waals surface area contributed by atoms with Gasteiger partial charge >= 0.3 is 0 Å². The Kier molecular flexibility index (Phi) is 3.18. The lowest BCUT2D eigenvalue weighted by Gasteiger charge is -2.09. The maximum atomic E-state index is 13.3. The van der Waals surface area contributed by atoms with Crippen molar-refractivity contribution in [2.75, 3.05) is 6.61 Å². The van der Waals surface area contributed by atoms with E-state index < -0.39 is 5.82 Å². The van der Waals surface area contributed by atoms with Crippen LogP contribution in [0.1, 0.15) is 28.9 Å². The molecule has 1 aliphatic heterocycles. The van der Waals surface area contributed by atoms with E-state index in [9.17, 15) is 9.18 Å². The molecule has 0 aliphatic carbocycles. The van der Waals surface area contributed by atoms with E-state index in [0.29, 0.717) is 35.6 Å². The number of pyridine rings is 1. The number of aldehydes is 1. The molecule has 0 saturated carbocycles. The van der Waals surface area contributed by atoms with Crippen molar-refractivity contribution in [1.82, 2.24) is 4.98 Å². The number of hydrogen-bond donors (Lipinski definition) is 0. The van der Waals surface area contributed by atoms with Gasteiger partial charge in [0.25, 0.3) is 0 Å². The molecule has 1 aromatic heterocycles. The molecule has 0 amide bonds. The molecule has 1 unspecified atom stereocenters. The van der Waals surface area contributed by atoms with Crippen molar-refractivity contribution in [3.63, 3.8) is 0 Å². The molecule has 3 rings (SSSR count). The van der Waals surface area contributed by atoms with E-state index in [-0.39, 0.29) is 10.9 Å². The van der Waals surface area contributed by atoms with Gasteiger partial charge in [0, 0.05) is 17.0 Å². The first kappa shape index (κ1) is 13.1. The topological polar surface area (TPSA) is 39.2 Å². The summed E-state index contributed by atoms with van der Waals surface area (Å²) in [6.07, 6.45) is 0.694. The normalized spacial score (nSPS) is 16.6. The summed E-state index contributed by atoms with van der Waals surface area (Å²) in [6.45, 7) is 2.56. The molecule has 0 spiro atoms. The van der Waals surface area contributed by atoms with Crippen LogP contribution in [-0.4, -0.2) is 17.9 Å². The third kappa shape index (κ3) is 2.06. The highest BCUT2D eigenvalue weighted by Crippen LogP contribution is 2.41. The lowest BCUT2D eigenvalue weighted by molar-refractivity contribution is 0.111. The molecule has 5 heteroatoms. The van der Waals surface area contributed by atoms with Gasteiger partial charge in [0.2, 0.25) is 0 Å². The van der Waals surface area contributed by atoms with Crippen molar-refractivity contribution in [2.45, 2.75) is 12.8 Å². The fraction of sp³-hybridized carbons (Fsp3) is 0.200. The lowest BCUT2D eigenvalue weighted by Crippen LogP contribution is -1.96. The zero-order chi connectivity index (χ0) is 14.3. The highest BCUT2D eigenvalue weighted by Gasteiger charge is 2.26. The third-order valence-corrected chi connectivity index (χ3v) is 3.63. The largest absolute Gasteiger partial charge is 0.490 e. The van der Waals surface area contributed by atoms with Gasteiger partial charge in [-0.25, -0.2) is 9.37 Å². The molecule has 20 heavy (non-hydrogen) atoms. The maximum Gasteiger partial charge on any atom is 0.168 e. The molecule has 3 nitrogen and oxygen atoms in total. The van der Waals surface area contributed by atoms with Crippen molar-refractivity contribution in [3.8, 4) is 17.0 Å². The number of halogens is 2. The Morgan fingerprint density at radius 1 is 1.45 bits per heavy atom. The number of ether oxygens (including phenoxy) is 1. The molecule has 102 valence electrons. The molecule has 1 atom stereocenters. The van der Waals surface area contributed by atoms with E-state index in [1.165, 1.54) is 12.1 Å². The van der Waals surface area contributed by atoms with Gasteiger partial charge in [-0.3, -0.25) is 4.79 Å². The van der Waals surface area contributed by atoms with Gasteiger partial charge in [-0.15, -0.1) is 0 Å². The minimum atomic E-state index is -0.493. The van der Waals surface area contributed by atoms with Gasteiger partial charge in [-0.1, -0.05) is 18.5 Å². The first-order valence-corrected chi connectivity index (χ1v) is 6.56. The molecule has 1 aliphatic rings. The van der Waals surface area contributed by atoms with Crippen LogP contribution in [0.2, 0.25) is 5.02 Å². The van der Waals surface area contributed by atoms with Gasteiger partial charge in [0.1, 0.15) is 23.0 Å². The van der Waals surface area contributed by atoms with Crippen LogP contribution in [0, 0.1) is 5.82 Å². The molecule has 2 heterocycles. The molecular formula is C15H11ClFNO2. The van der Waals surface area contributed by atoms with Crippen LogP contribution >= 0.6 is 11.6 Å². The van der Waals surface area contributed by atoms with Gasteiger partial charge < -0.3 is 4.74 Å². The molecule has 0 N–H and O–H groups in total. The summed E-state index contributed by atoms with van der Waals surface area (Å²) in [7, 11) is 0. The second-order valence-corrected chi connectivity index (χ2v) is 5.18. The molecule has 1 aromatic carbocycles. The first-order valence-electron chi connectivity index (χ1n) is 6.18. The summed E-state index contributed by atoms with van der Waals surface area (Å²) in [5.74, 6) is 0.347. The van der Waals surface area contributed by atoms with E-state index in [2.05, 4.69) is 4.98 Å². The highest BCUT2D eigenvalue weighted by atomic mass is 35.5. The molecule has 0 bridgehead atoms. The van der Waals surface area contributed by atoms with Crippen LogP contribution in [0.3, 0.4) is 0 Å². The summed E-state index contributed by atoms with van der Waals surface area (Å²) < 4.78 is 18.9. The summed E-state index contributed by atoms with van der Waals surface area (Å²) in [5.41, 5.74) is 2.43. The Hall–Kier alpha value is -1.94. The number of carbonyl (C=O) groups is 1. The third-order valence-electron chi connectivity index (χ3n) is 3.34. The predicted octanol–water partition coefficient (Wildman–Crippen LogP) is 3.85. The molecule has 0 saturated heterocycles. The Morgan fingerprint density at radius 2 is 2.25 bits per heavy atom. The Balaban J connectivity index is 2.22. The second kappa shape index (κ2) is 4.87. The van der Waals surface area contributed by atoms with Crippen molar-refractivity contribution in [2.24, 2.45) is 0 Å². The predicted molar refractivity (Wildman–Crippen MR) is 73.9 cm³/mol. The number of nitrogens with zero attached hydrogens (tertiary/aromatic N) is 1. The molecule has 0 fully saturated rings. The molecule has 0 radical (unpaired) electrons. The van der Waals surface area contributed by atoms with Crippen LogP contribution in [0.15, 0.2) is 24.3 Å². The zero-order valence-corrected chi connectivity index (χ0v) is 11.4. The zero-order valence-electron chi connectivity index (χ0n) is 10.7. The van der Waals surface area contributed by atoms with Gasteiger partial charge in [-0.05, 0) is 24.3 Å². The monoisotopic (exact) mass is 291 g/mol. The van der Waals surface area contributed by atoms with Crippen molar-refractivity contribution < 1.29 is 13.9 Å². The first-order chi connectivity index (χ1) is 9.60. The fourth-order valence-electron chi connectivity index (χ4n) is 2.29. The Morgan fingerprint density at radius 3 is 2.95 bits per heavy atom. The summed E-state index contributed by atoms with van der Waals surface area (Å²) in [4.78, 5) is 15.3. The number of aromatic nitrogens is 1. The highest BCUT2D eigenvalue weighted by molar-refractivity contribution is 6.31. The fourth-order valence-corrected chi connectivity index (χ4v) is 2.47. The maximum absolute atomic E-state index is 13.3. The second-order valence-electron chi connectivity index (χ2n) is 4.77. The number of benzene rings is 1. The SMILES string of the molecule is CC1COc2c1cc(C=O)nc2-c1ccc(F)c(Cl)c1. The van der Waals surface area contributed by atoms with Gasteiger partial charge in [0.05, 0.1) is 11.6 Å². The molecule has 2 aromatic rings. The number of carbonyl (C=O) groups excluding carboxylic acids is 1. The number of fused-ring (bicyclic) bond motifs is 1. The average molecular weight is 292 g/mol. The van der Waals surface area contributed by atoms with E-state index in [1.807, 2.05) is 6.92 Å². The minimum Gasteiger partial charge on any atom is -0.490 e. The van der Waals surface area contributed by atoms with E-state index in [0.717, 1.165) is 5.56 Å². The lowest BCUT2D eigenvalue weighted by atomic mass is 10.00. The van der Waals surface area contributed by atoms with Crippen LogP contribution in [0.4, 0.5) is 4.39 Å². The van der Waals surface area contributed by atoms with Crippen LogP contribution in [0.5, 0.6) is 5.75 Å². The summed E-state index contributed by atoms with van der Waals surface area (Å²) in [5, 5.41) is 0.0144. The number of rotatable bonds is 2. The summed E-state index contributed by atoms with van der Waals surface area (Å²) >= 11 is 5.80. The Bertz CT molecular complexity index is 703. The van der Waals surface area contributed by atoms with E-state index in [4.69, 9.17) is 16.3 Å². The van der Waals surface area contributed by atoms with Crippen molar-refractivity contribution in [3.05, 3.63) is 46.4 Å². The quantitative estimate of drug-likeness (QED) is 0.789. The van der Waals surface area contributed by atoms with E-state index >= 15 is 0 Å². The molecular weight excluding hydrogens is 281 g/mol. The average Bonchev–Trinajstić information content (AvgIpc) is 2.82. The Labute approximate surface area is 120 Å². The van der Waals surface area contributed by atoms with Crippen LogP contribution < -0.4 is 4.74 Å². The van der Waals surface area contributed by atoms with E-state index in [1.54, 1.807) is 12.1 Å². The van der Waals surface area contributed by atoms with Crippen molar-refractivity contribution in [1.29, 1.82) is 0 Å². The van der Waals surface area contributed by atoms with Crippen LogP contribution in [0.25, 0.3) is 11.3 Å². The van der Waals surface area contributed by atoms with Gasteiger partial charge in [0.15, 0.2) is 6.29 Å². The standard InChI is InChI=1S/C15H11ClFNO2/c1-8-7-20-15-11(8)5-10(6-19)18-14(15)9-2-3-13(17)12(16)4-9/h2-6,8H,7H2,1H3. The van der Waals surface area contributed by atoms with Gasteiger partial charge in [-0.2, -0.15) is 0 Å². The summed E-state index contributed by atoms with van der Waals surface area (Å²) in [6, 6.07) is 6.07. The van der Waals surface area contributed by atoms with Crippen LogP contribution in [-0.2, 0) is 0 Å². The van der Waals surface area contributed by atoms with Crippen molar-refractivity contribution >= 4 is 17.9 Å². The number of hydrogen-bond acceptors (Lipinski definition) is 3.